The third kappa shape index (κ3) is 4.44. The van der Waals surface area contributed by atoms with Crippen LogP contribution in [0.2, 0.25) is 0 Å². The number of aryl methyl sites for hydroxylation is 1. The van der Waals surface area contributed by atoms with Gasteiger partial charge in [-0.1, -0.05) is 11.8 Å². The van der Waals surface area contributed by atoms with E-state index in [1.165, 1.54) is 18.9 Å². The molecule has 25 heavy (non-hydrogen) atoms. The number of ether oxygens (including phenoxy) is 1. The Hall–Kier alpha value is -2.24. The van der Waals surface area contributed by atoms with Crippen molar-refractivity contribution in [1.29, 1.82) is 5.26 Å². The zero-order chi connectivity index (χ0) is 17.6. The number of aromatic nitrogens is 2. The van der Waals surface area contributed by atoms with Crippen LogP contribution in [-0.4, -0.2) is 34.6 Å². The number of hydrogen-bond acceptors (Lipinski definition) is 8. The van der Waals surface area contributed by atoms with Crippen LogP contribution in [0.15, 0.2) is 34.3 Å². The fourth-order valence-electron chi connectivity index (χ4n) is 2.29. The van der Waals surface area contributed by atoms with E-state index in [4.69, 9.17) is 5.26 Å². The maximum absolute atomic E-state index is 11.2. The van der Waals surface area contributed by atoms with Gasteiger partial charge < -0.3 is 10.1 Å². The van der Waals surface area contributed by atoms with Crippen molar-refractivity contribution in [2.75, 3.05) is 23.9 Å². The van der Waals surface area contributed by atoms with E-state index < -0.39 is 0 Å². The molecule has 2 heterocycles. The van der Waals surface area contributed by atoms with Gasteiger partial charge in [0.1, 0.15) is 5.82 Å². The van der Waals surface area contributed by atoms with Crippen molar-refractivity contribution in [3.63, 3.8) is 0 Å². The molecule has 6 nitrogen and oxygen atoms in total. The predicted molar refractivity (Wildman–Crippen MR) is 98.3 cm³/mol. The standard InChI is InChI=1S/C17H16N4O2S2/c1-23-14(22)7-9-25-17-20-13-6-8-24-15(13)16(21-17)19-12-4-2-11(10-18)3-5-12/h2-5H,6-9H2,1H3,(H,19,20,21). The first-order chi connectivity index (χ1) is 12.2. The minimum Gasteiger partial charge on any atom is -0.469 e. The number of carbonyl (C=O) groups excluding carboxylic acids is 1. The first kappa shape index (κ1) is 17.6. The minimum absolute atomic E-state index is 0.236. The molecule has 0 atom stereocenters. The van der Waals surface area contributed by atoms with Crippen LogP contribution in [0.1, 0.15) is 17.7 Å². The highest BCUT2D eigenvalue weighted by molar-refractivity contribution is 8.00. The smallest absolute Gasteiger partial charge is 0.306 e. The molecule has 128 valence electrons. The zero-order valence-corrected chi connectivity index (χ0v) is 15.2. The van der Waals surface area contributed by atoms with E-state index in [1.807, 2.05) is 12.1 Å². The molecule has 0 bridgehead atoms. The average molecular weight is 372 g/mol. The predicted octanol–water partition coefficient (Wildman–Crippen LogP) is 3.40. The van der Waals surface area contributed by atoms with E-state index >= 15 is 0 Å². The molecule has 1 aromatic carbocycles. The van der Waals surface area contributed by atoms with Gasteiger partial charge in [-0.25, -0.2) is 9.97 Å². The summed E-state index contributed by atoms with van der Waals surface area (Å²) < 4.78 is 4.65. The quantitative estimate of drug-likeness (QED) is 0.469. The fraction of sp³-hybridized carbons (Fsp3) is 0.294. The number of nitrogens with one attached hydrogen (secondary N) is 1. The summed E-state index contributed by atoms with van der Waals surface area (Å²) in [6.45, 7) is 0. The van der Waals surface area contributed by atoms with Crippen LogP contribution in [0, 0.1) is 11.3 Å². The SMILES string of the molecule is COC(=O)CCSc1nc2c(c(Nc3ccc(C#N)cc3)n1)SCC2. The van der Waals surface area contributed by atoms with Gasteiger partial charge in [-0.3, -0.25) is 4.79 Å². The molecule has 0 saturated carbocycles. The van der Waals surface area contributed by atoms with Crippen LogP contribution >= 0.6 is 23.5 Å². The monoisotopic (exact) mass is 372 g/mol. The van der Waals surface area contributed by atoms with Gasteiger partial charge in [0.05, 0.1) is 35.8 Å². The number of anilines is 2. The molecule has 1 aromatic heterocycles. The largest absolute Gasteiger partial charge is 0.469 e. The molecule has 0 spiro atoms. The van der Waals surface area contributed by atoms with E-state index in [2.05, 4.69) is 26.1 Å². The van der Waals surface area contributed by atoms with Gasteiger partial charge in [-0.15, -0.1) is 11.8 Å². The van der Waals surface area contributed by atoms with Gasteiger partial charge in [0.25, 0.3) is 0 Å². The Kier molecular flexibility index (Phi) is 5.79. The third-order valence-corrected chi connectivity index (χ3v) is 5.52. The molecule has 0 amide bonds. The average Bonchev–Trinajstić information content (AvgIpc) is 3.11. The summed E-state index contributed by atoms with van der Waals surface area (Å²) in [7, 11) is 1.38. The van der Waals surface area contributed by atoms with E-state index in [1.54, 1.807) is 23.9 Å². The van der Waals surface area contributed by atoms with Crippen molar-refractivity contribution < 1.29 is 9.53 Å². The highest BCUT2D eigenvalue weighted by Crippen LogP contribution is 2.37. The highest BCUT2D eigenvalue weighted by atomic mass is 32.2. The Morgan fingerprint density at radius 1 is 1.40 bits per heavy atom. The second-order valence-corrected chi connectivity index (χ2v) is 7.39. The Bertz CT molecular complexity index is 819. The molecule has 0 aliphatic carbocycles. The lowest BCUT2D eigenvalue weighted by molar-refractivity contribution is -0.140. The van der Waals surface area contributed by atoms with Crippen molar-refractivity contribution >= 4 is 41.0 Å². The molecule has 1 N–H and O–H groups in total. The fourth-order valence-corrected chi connectivity index (χ4v) is 4.12. The first-order valence-corrected chi connectivity index (χ1v) is 9.67. The van der Waals surface area contributed by atoms with Crippen molar-refractivity contribution in [2.45, 2.75) is 22.9 Å². The van der Waals surface area contributed by atoms with Crippen molar-refractivity contribution in [2.24, 2.45) is 0 Å². The van der Waals surface area contributed by atoms with Gasteiger partial charge >= 0.3 is 5.97 Å². The van der Waals surface area contributed by atoms with E-state index in [0.717, 1.165) is 34.3 Å². The summed E-state index contributed by atoms with van der Waals surface area (Å²) in [5.41, 5.74) is 2.53. The van der Waals surface area contributed by atoms with Crippen molar-refractivity contribution in [3.8, 4) is 6.07 Å². The number of esters is 1. The molecule has 0 unspecified atom stereocenters. The van der Waals surface area contributed by atoms with E-state index in [9.17, 15) is 4.79 Å². The summed E-state index contributed by atoms with van der Waals surface area (Å²) in [5, 5.41) is 12.9. The first-order valence-electron chi connectivity index (χ1n) is 7.70. The Labute approximate surface area is 154 Å². The van der Waals surface area contributed by atoms with Crippen LogP contribution in [0.25, 0.3) is 0 Å². The number of nitrogens with zero attached hydrogens (tertiary/aromatic N) is 3. The van der Waals surface area contributed by atoms with Crippen LogP contribution < -0.4 is 5.32 Å². The summed E-state index contributed by atoms with van der Waals surface area (Å²) in [4.78, 5) is 21.5. The molecule has 2 aromatic rings. The molecule has 0 fully saturated rings. The maximum atomic E-state index is 11.2. The number of carbonyl (C=O) groups is 1. The molecule has 0 saturated heterocycles. The number of methoxy groups -OCH3 is 1. The molecule has 3 rings (SSSR count). The third-order valence-electron chi connectivity index (χ3n) is 3.54. The number of rotatable bonds is 6. The molecular weight excluding hydrogens is 356 g/mol. The lowest BCUT2D eigenvalue weighted by atomic mass is 10.2. The van der Waals surface area contributed by atoms with Gasteiger partial charge in [0.15, 0.2) is 5.16 Å². The van der Waals surface area contributed by atoms with Gasteiger partial charge in [-0.2, -0.15) is 5.26 Å². The molecular formula is C17H16N4O2S2. The Balaban J connectivity index is 1.77. The second kappa shape index (κ2) is 8.23. The summed E-state index contributed by atoms with van der Waals surface area (Å²) in [6.07, 6.45) is 1.24. The minimum atomic E-state index is -0.236. The van der Waals surface area contributed by atoms with Crippen LogP contribution in [0.3, 0.4) is 0 Å². The Morgan fingerprint density at radius 3 is 2.92 bits per heavy atom. The zero-order valence-electron chi connectivity index (χ0n) is 13.6. The second-order valence-electron chi connectivity index (χ2n) is 5.22. The lowest BCUT2D eigenvalue weighted by Gasteiger charge is -2.11. The topological polar surface area (TPSA) is 87.9 Å². The van der Waals surface area contributed by atoms with Crippen LogP contribution in [-0.2, 0) is 16.0 Å². The van der Waals surface area contributed by atoms with Gasteiger partial charge in [0, 0.05) is 23.6 Å². The van der Waals surface area contributed by atoms with Gasteiger partial charge in [-0.05, 0) is 24.3 Å². The number of benzene rings is 1. The molecule has 0 radical (unpaired) electrons. The molecule has 1 aliphatic heterocycles. The van der Waals surface area contributed by atoms with E-state index in [-0.39, 0.29) is 5.97 Å². The van der Waals surface area contributed by atoms with E-state index in [0.29, 0.717) is 22.9 Å². The van der Waals surface area contributed by atoms with Crippen LogP contribution in [0.4, 0.5) is 11.5 Å². The number of fused-ring (bicyclic) bond motifs is 1. The summed E-state index contributed by atoms with van der Waals surface area (Å²) in [6, 6.07) is 9.36. The lowest BCUT2D eigenvalue weighted by Crippen LogP contribution is -2.04. The number of hydrogen-bond donors (Lipinski definition) is 1. The molecule has 8 heteroatoms. The highest BCUT2D eigenvalue weighted by Gasteiger charge is 2.20. The number of nitriles is 1. The normalized spacial score (nSPS) is 12.3. The van der Waals surface area contributed by atoms with Crippen molar-refractivity contribution in [3.05, 3.63) is 35.5 Å². The number of thioether (sulfide) groups is 2. The summed E-state index contributed by atoms with van der Waals surface area (Å²) >= 11 is 3.18. The van der Waals surface area contributed by atoms with Crippen molar-refractivity contribution in [1.82, 2.24) is 9.97 Å². The maximum Gasteiger partial charge on any atom is 0.306 e. The van der Waals surface area contributed by atoms with Crippen LogP contribution in [0.5, 0.6) is 0 Å². The molecule has 1 aliphatic rings. The summed E-state index contributed by atoms with van der Waals surface area (Å²) in [5.74, 6) is 2.11. The Morgan fingerprint density at radius 2 is 2.20 bits per heavy atom. The van der Waals surface area contributed by atoms with Gasteiger partial charge in [0.2, 0.25) is 0 Å².